The molecule has 0 atom stereocenters. The molecule has 4 nitrogen and oxygen atoms in total. The number of benzene rings is 3. The molecule has 0 N–H and O–H groups in total. The molecule has 1 aromatic heterocycles. The van der Waals surface area contributed by atoms with Gasteiger partial charge >= 0.3 is 5.97 Å². The smallest absolute Gasteiger partial charge is 0.339 e. The Labute approximate surface area is 227 Å². The van der Waals surface area contributed by atoms with Crippen molar-refractivity contribution < 1.29 is 9.53 Å². The second kappa shape index (κ2) is 10.8. The summed E-state index contributed by atoms with van der Waals surface area (Å²) >= 11 is 0. The van der Waals surface area contributed by atoms with Gasteiger partial charge in [-0.15, -0.1) is 0 Å². The van der Waals surface area contributed by atoms with Gasteiger partial charge in [0.25, 0.3) is 0 Å². The van der Waals surface area contributed by atoms with Gasteiger partial charge in [-0.25, -0.2) is 9.78 Å². The van der Waals surface area contributed by atoms with Gasteiger partial charge in [0.15, 0.2) is 0 Å². The Bertz CT molecular complexity index is 1430. The molecule has 4 aromatic rings. The molecule has 3 aromatic carbocycles. The lowest BCUT2D eigenvalue weighted by Crippen LogP contribution is -2.24. The highest BCUT2D eigenvalue weighted by molar-refractivity contribution is 5.97. The number of hydrogen-bond donors (Lipinski definition) is 0. The molecule has 0 aliphatic heterocycles. The molecule has 38 heavy (non-hydrogen) atoms. The van der Waals surface area contributed by atoms with E-state index in [0.29, 0.717) is 5.56 Å². The summed E-state index contributed by atoms with van der Waals surface area (Å²) in [7, 11) is 0. The highest BCUT2D eigenvalue weighted by Gasteiger charge is 2.22. The first-order valence-electron chi connectivity index (χ1n) is 14.1. The molecule has 198 valence electrons. The summed E-state index contributed by atoms with van der Waals surface area (Å²) in [6.45, 7) is 10.8. The predicted octanol–water partition coefficient (Wildman–Crippen LogP) is 8.45. The van der Waals surface area contributed by atoms with E-state index in [-0.39, 0.29) is 5.97 Å². The summed E-state index contributed by atoms with van der Waals surface area (Å²) in [5.41, 5.74) is 8.11. The van der Waals surface area contributed by atoms with E-state index in [4.69, 9.17) is 9.72 Å². The fourth-order valence-electron chi connectivity index (χ4n) is 5.63. The quantitative estimate of drug-likeness (QED) is 0.245. The van der Waals surface area contributed by atoms with Crippen LogP contribution >= 0.6 is 0 Å². The Morgan fingerprint density at radius 2 is 1.63 bits per heavy atom. The summed E-state index contributed by atoms with van der Waals surface area (Å²) in [6.07, 6.45) is 7.73. The molecule has 0 amide bonds. The summed E-state index contributed by atoms with van der Waals surface area (Å²) in [6, 6.07) is 20.8. The van der Waals surface area contributed by atoms with Crippen molar-refractivity contribution in [1.29, 1.82) is 0 Å². The summed E-state index contributed by atoms with van der Waals surface area (Å²) in [5.74, 6) is 1.64. The molecule has 1 aliphatic carbocycles. The third-order valence-corrected chi connectivity index (χ3v) is 7.79. The average Bonchev–Trinajstić information content (AvgIpc) is 3.19. The van der Waals surface area contributed by atoms with Gasteiger partial charge in [-0.1, -0.05) is 74.6 Å². The number of imidazole rings is 1. The maximum absolute atomic E-state index is 12.9. The van der Waals surface area contributed by atoms with E-state index in [9.17, 15) is 4.79 Å². The van der Waals surface area contributed by atoms with Crippen LogP contribution in [-0.2, 0) is 17.7 Å². The minimum Gasteiger partial charge on any atom is -0.456 e. The minimum absolute atomic E-state index is 0.292. The van der Waals surface area contributed by atoms with Crippen LogP contribution in [0.1, 0.15) is 85.7 Å². The second-order valence-corrected chi connectivity index (χ2v) is 12.0. The Morgan fingerprint density at radius 3 is 2.34 bits per heavy atom. The number of aromatic nitrogens is 2. The first kappa shape index (κ1) is 26.2. The van der Waals surface area contributed by atoms with Crippen molar-refractivity contribution in [2.75, 3.05) is 0 Å². The van der Waals surface area contributed by atoms with Crippen molar-refractivity contribution in [3.05, 3.63) is 88.7 Å². The van der Waals surface area contributed by atoms with E-state index in [1.807, 2.05) is 45.0 Å². The van der Waals surface area contributed by atoms with Gasteiger partial charge in [-0.2, -0.15) is 0 Å². The van der Waals surface area contributed by atoms with E-state index in [1.165, 1.54) is 60.1 Å². The SMILES string of the molecule is Cc1cc2nc(CC3CCCCC3)n(Cc3ccc(-c4ccccc4C(=O)OC(C)(C)C)cc3)c2cc1C. The van der Waals surface area contributed by atoms with Crippen molar-refractivity contribution >= 4 is 17.0 Å². The van der Waals surface area contributed by atoms with Crippen molar-refractivity contribution in [2.45, 2.75) is 85.3 Å². The van der Waals surface area contributed by atoms with E-state index < -0.39 is 5.60 Å². The maximum atomic E-state index is 12.9. The highest BCUT2D eigenvalue weighted by Crippen LogP contribution is 2.30. The zero-order chi connectivity index (χ0) is 26.9. The van der Waals surface area contributed by atoms with Gasteiger partial charge in [0, 0.05) is 13.0 Å². The third-order valence-electron chi connectivity index (χ3n) is 7.79. The molecule has 4 heteroatoms. The summed E-state index contributed by atoms with van der Waals surface area (Å²) < 4.78 is 8.10. The van der Waals surface area contributed by atoms with Crippen LogP contribution < -0.4 is 0 Å². The van der Waals surface area contributed by atoms with Gasteiger partial charge in [-0.05, 0) is 86.6 Å². The summed E-state index contributed by atoms with van der Waals surface area (Å²) in [4.78, 5) is 18.0. The van der Waals surface area contributed by atoms with E-state index in [0.717, 1.165) is 35.5 Å². The molecular formula is C34H40N2O2. The van der Waals surface area contributed by atoms with Crippen LogP contribution in [0.3, 0.4) is 0 Å². The van der Waals surface area contributed by atoms with Crippen LogP contribution in [0.2, 0.25) is 0 Å². The number of fused-ring (bicyclic) bond motifs is 1. The lowest BCUT2D eigenvalue weighted by Gasteiger charge is -2.22. The van der Waals surface area contributed by atoms with E-state index in [1.54, 1.807) is 0 Å². The number of carbonyl (C=O) groups is 1. The number of ether oxygens (including phenoxy) is 1. The van der Waals surface area contributed by atoms with Crippen molar-refractivity contribution in [2.24, 2.45) is 5.92 Å². The van der Waals surface area contributed by atoms with Crippen LogP contribution in [0.4, 0.5) is 0 Å². The van der Waals surface area contributed by atoms with Gasteiger partial charge in [0.1, 0.15) is 11.4 Å². The van der Waals surface area contributed by atoms with Crippen LogP contribution in [-0.4, -0.2) is 21.1 Å². The number of rotatable bonds is 6. The van der Waals surface area contributed by atoms with Gasteiger partial charge in [0.2, 0.25) is 0 Å². The second-order valence-electron chi connectivity index (χ2n) is 12.0. The number of hydrogen-bond acceptors (Lipinski definition) is 3. The first-order chi connectivity index (χ1) is 18.2. The molecule has 1 saturated carbocycles. The highest BCUT2D eigenvalue weighted by atomic mass is 16.6. The Balaban J connectivity index is 1.45. The monoisotopic (exact) mass is 508 g/mol. The molecular weight excluding hydrogens is 468 g/mol. The predicted molar refractivity (Wildman–Crippen MR) is 156 cm³/mol. The van der Waals surface area contributed by atoms with Crippen molar-refractivity contribution in [3.63, 3.8) is 0 Å². The Hall–Kier alpha value is -3.40. The van der Waals surface area contributed by atoms with Crippen LogP contribution in [0.25, 0.3) is 22.2 Å². The van der Waals surface area contributed by atoms with Crippen molar-refractivity contribution in [1.82, 2.24) is 9.55 Å². The molecule has 0 unspecified atom stereocenters. The van der Waals surface area contributed by atoms with Gasteiger partial charge in [-0.3, -0.25) is 0 Å². The molecule has 0 saturated heterocycles. The van der Waals surface area contributed by atoms with Crippen molar-refractivity contribution in [3.8, 4) is 11.1 Å². The number of aryl methyl sites for hydroxylation is 2. The zero-order valence-corrected chi connectivity index (χ0v) is 23.5. The van der Waals surface area contributed by atoms with Crippen LogP contribution in [0.15, 0.2) is 60.7 Å². The van der Waals surface area contributed by atoms with Crippen LogP contribution in [0, 0.1) is 19.8 Å². The van der Waals surface area contributed by atoms with E-state index in [2.05, 4.69) is 54.8 Å². The lowest BCUT2D eigenvalue weighted by atomic mass is 9.87. The normalized spacial score (nSPS) is 14.7. The van der Waals surface area contributed by atoms with E-state index >= 15 is 0 Å². The average molecular weight is 509 g/mol. The lowest BCUT2D eigenvalue weighted by molar-refractivity contribution is 0.00704. The largest absolute Gasteiger partial charge is 0.456 e. The maximum Gasteiger partial charge on any atom is 0.339 e. The molecule has 1 aliphatic rings. The Morgan fingerprint density at radius 1 is 0.947 bits per heavy atom. The molecule has 0 radical (unpaired) electrons. The standard InChI is InChI=1S/C34H40N2O2/c1-23-19-30-31(20-24(23)2)36(32(35-30)21-25-11-7-6-8-12-25)22-26-15-17-27(18-16-26)28-13-9-10-14-29(28)33(37)38-34(3,4)5/h9-10,13-20,25H,6-8,11-12,21-22H2,1-5H3. The molecule has 1 heterocycles. The van der Waals surface area contributed by atoms with Crippen LogP contribution in [0.5, 0.6) is 0 Å². The van der Waals surface area contributed by atoms with Gasteiger partial charge in [0.05, 0.1) is 16.6 Å². The summed E-state index contributed by atoms with van der Waals surface area (Å²) in [5, 5.41) is 0. The first-order valence-corrected chi connectivity index (χ1v) is 14.1. The van der Waals surface area contributed by atoms with Gasteiger partial charge < -0.3 is 9.30 Å². The fourth-order valence-corrected chi connectivity index (χ4v) is 5.63. The molecule has 5 rings (SSSR count). The number of nitrogens with zero attached hydrogens (tertiary/aromatic N) is 2. The minimum atomic E-state index is -0.534. The molecule has 0 bridgehead atoms. The number of esters is 1. The zero-order valence-electron chi connectivity index (χ0n) is 23.5. The fraction of sp³-hybridized carbons (Fsp3) is 0.412. The topological polar surface area (TPSA) is 44.1 Å². The Kier molecular flexibility index (Phi) is 7.43. The number of carbonyl (C=O) groups excluding carboxylic acids is 1. The molecule has 1 fully saturated rings. The third kappa shape index (κ3) is 5.85. The molecule has 0 spiro atoms.